The van der Waals surface area contributed by atoms with Crippen LogP contribution < -0.4 is 16.0 Å². The number of rotatable bonds is 7. The molecule has 1 saturated carbocycles. The van der Waals surface area contributed by atoms with E-state index in [0.717, 1.165) is 29.2 Å². The Bertz CT molecular complexity index is 1180. The van der Waals surface area contributed by atoms with Crippen molar-refractivity contribution in [3.05, 3.63) is 71.8 Å². The summed E-state index contributed by atoms with van der Waals surface area (Å²) in [7, 11) is 0. The summed E-state index contributed by atoms with van der Waals surface area (Å²) in [4.78, 5) is 37.4. The summed E-state index contributed by atoms with van der Waals surface area (Å²) >= 11 is 0. The predicted octanol–water partition coefficient (Wildman–Crippen LogP) is 4.71. The van der Waals surface area contributed by atoms with Gasteiger partial charge in [-0.15, -0.1) is 0 Å². The van der Waals surface area contributed by atoms with E-state index in [1.165, 1.54) is 0 Å². The fraction of sp³-hybridized carbons (Fsp3) is 0.269. The van der Waals surface area contributed by atoms with E-state index in [-0.39, 0.29) is 29.6 Å². The molecule has 3 amide bonds. The Kier molecular flexibility index (Phi) is 6.21. The second-order valence-corrected chi connectivity index (χ2v) is 8.54. The molecule has 0 saturated heterocycles. The molecule has 6 heteroatoms. The molecular weight excluding hydrogens is 402 g/mol. The highest BCUT2D eigenvalue weighted by Gasteiger charge is 2.30. The van der Waals surface area contributed by atoms with Crippen molar-refractivity contribution in [2.24, 2.45) is 11.8 Å². The van der Waals surface area contributed by atoms with Crippen LogP contribution in [0.2, 0.25) is 0 Å². The number of anilines is 2. The molecule has 1 fully saturated rings. The van der Waals surface area contributed by atoms with E-state index in [2.05, 4.69) is 16.0 Å². The molecule has 0 radical (unpaired) electrons. The zero-order chi connectivity index (χ0) is 22.7. The first kappa shape index (κ1) is 21.6. The molecule has 164 valence electrons. The number of carbonyl (C=O) groups is 3. The largest absolute Gasteiger partial charge is 0.348 e. The maximum absolute atomic E-state index is 13.1. The fourth-order valence-electron chi connectivity index (χ4n) is 3.44. The molecule has 1 aliphatic carbocycles. The minimum Gasteiger partial charge on any atom is -0.348 e. The summed E-state index contributed by atoms with van der Waals surface area (Å²) in [6, 6.07) is 18.8. The molecule has 3 aromatic carbocycles. The van der Waals surface area contributed by atoms with E-state index < -0.39 is 0 Å². The molecule has 3 N–H and O–H groups in total. The minimum atomic E-state index is -0.265. The normalized spacial score (nSPS) is 13.1. The summed E-state index contributed by atoms with van der Waals surface area (Å²) in [5, 5.41) is 10.6. The third kappa shape index (κ3) is 5.14. The van der Waals surface area contributed by atoms with Crippen molar-refractivity contribution in [2.75, 3.05) is 10.6 Å². The lowest BCUT2D eigenvalue weighted by molar-refractivity contribution is -0.119. The van der Waals surface area contributed by atoms with Gasteiger partial charge in [0, 0.05) is 24.1 Å². The Hall–Kier alpha value is -3.67. The van der Waals surface area contributed by atoms with Crippen LogP contribution in [0.4, 0.5) is 11.4 Å². The molecule has 0 aromatic heterocycles. The van der Waals surface area contributed by atoms with Gasteiger partial charge in [0.15, 0.2) is 0 Å². The maximum Gasteiger partial charge on any atom is 0.253 e. The minimum absolute atomic E-state index is 0.0390. The molecule has 4 rings (SSSR count). The van der Waals surface area contributed by atoms with Gasteiger partial charge in [-0.05, 0) is 53.4 Å². The Labute approximate surface area is 187 Å². The lowest BCUT2D eigenvalue weighted by Gasteiger charge is -2.14. The molecule has 0 unspecified atom stereocenters. The van der Waals surface area contributed by atoms with Crippen LogP contribution in [0.5, 0.6) is 0 Å². The summed E-state index contributed by atoms with van der Waals surface area (Å²) in [5.41, 5.74) is 2.51. The van der Waals surface area contributed by atoms with Gasteiger partial charge in [0.1, 0.15) is 0 Å². The van der Waals surface area contributed by atoms with Crippen molar-refractivity contribution in [1.82, 2.24) is 5.32 Å². The molecule has 0 heterocycles. The Morgan fingerprint density at radius 1 is 0.906 bits per heavy atom. The topological polar surface area (TPSA) is 87.3 Å². The van der Waals surface area contributed by atoms with Gasteiger partial charge in [-0.2, -0.15) is 0 Å². The van der Waals surface area contributed by atoms with E-state index in [1.54, 1.807) is 0 Å². The van der Waals surface area contributed by atoms with Gasteiger partial charge in [0.05, 0.1) is 11.3 Å². The van der Waals surface area contributed by atoms with Crippen molar-refractivity contribution in [3.63, 3.8) is 0 Å². The van der Waals surface area contributed by atoms with Crippen LogP contribution in [0.1, 0.15) is 42.6 Å². The number of fused-ring (bicyclic) bond motifs is 1. The predicted molar refractivity (Wildman–Crippen MR) is 126 cm³/mol. The number of benzene rings is 3. The maximum atomic E-state index is 13.1. The summed E-state index contributed by atoms with van der Waals surface area (Å²) in [6.07, 6.45) is 1.79. The highest BCUT2D eigenvalue weighted by atomic mass is 16.2. The zero-order valence-corrected chi connectivity index (χ0v) is 18.3. The highest BCUT2D eigenvalue weighted by Crippen LogP contribution is 2.32. The van der Waals surface area contributed by atoms with Crippen LogP contribution >= 0.6 is 0 Å². The molecule has 32 heavy (non-hydrogen) atoms. The monoisotopic (exact) mass is 429 g/mol. The molecule has 0 atom stereocenters. The summed E-state index contributed by atoms with van der Waals surface area (Å²) in [5.74, 6) is -0.434. The van der Waals surface area contributed by atoms with Crippen LogP contribution in [-0.2, 0) is 16.1 Å². The summed E-state index contributed by atoms with van der Waals surface area (Å²) in [6.45, 7) is 3.97. The number of nitrogens with one attached hydrogen (secondary N) is 3. The van der Waals surface area contributed by atoms with Gasteiger partial charge in [-0.1, -0.05) is 50.2 Å². The molecule has 0 aliphatic heterocycles. The van der Waals surface area contributed by atoms with Gasteiger partial charge in [-0.3, -0.25) is 14.4 Å². The van der Waals surface area contributed by atoms with Gasteiger partial charge < -0.3 is 16.0 Å². The van der Waals surface area contributed by atoms with E-state index in [9.17, 15) is 14.4 Å². The van der Waals surface area contributed by atoms with Crippen LogP contribution in [-0.4, -0.2) is 17.7 Å². The number of hydrogen-bond donors (Lipinski definition) is 3. The first-order valence-corrected chi connectivity index (χ1v) is 10.9. The van der Waals surface area contributed by atoms with Gasteiger partial charge in [-0.25, -0.2) is 0 Å². The molecule has 0 bridgehead atoms. The van der Waals surface area contributed by atoms with Crippen LogP contribution in [0.25, 0.3) is 10.8 Å². The highest BCUT2D eigenvalue weighted by molar-refractivity contribution is 6.08. The lowest BCUT2D eigenvalue weighted by Crippen LogP contribution is -2.25. The zero-order valence-electron chi connectivity index (χ0n) is 18.3. The first-order valence-electron chi connectivity index (χ1n) is 10.9. The second kappa shape index (κ2) is 9.22. The molecule has 3 aromatic rings. The van der Waals surface area contributed by atoms with Crippen molar-refractivity contribution >= 4 is 39.9 Å². The van der Waals surface area contributed by atoms with Gasteiger partial charge in [0.2, 0.25) is 11.8 Å². The SMILES string of the molecule is CC(C)C(=O)Nc1cccc(CNC(=O)c2cc3ccccc3cc2NC(=O)C2CC2)c1. The van der Waals surface area contributed by atoms with E-state index >= 15 is 0 Å². The van der Waals surface area contributed by atoms with Crippen LogP contribution in [0.3, 0.4) is 0 Å². The third-order valence-corrected chi connectivity index (χ3v) is 5.51. The first-order chi connectivity index (χ1) is 15.4. The smallest absolute Gasteiger partial charge is 0.253 e. The Morgan fingerprint density at radius 2 is 1.62 bits per heavy atom. The lowest BCUT2D eigenvalue weighted by atomic mass is 10.0. The number of amides is 3. The molecule has 0 spiro atoms. The fourth-order valence-corrected chi connectivity index (χ4v) is 3.44. The Morgan fingerprint density at radius 3 is 2.31 bits per heavy atom. The van der Waals surface area contributed by atoms with E-state index in [0.29, 0.717) is 23.5 Å². The van der Waals surface area contributed by atoms with Crippen molar-refractivity contribution < 1.29 is 14.4 Å². The second-order valence-electron chi connectivity index (χ2n) is 8.54. The van der Waals surface area contributed by atoms with Crippen LogP contribution in [0, 0.1) is 11.8 Å². The number of carbonyl (C=O) groups excluding carboxylic acids is 3. The van der Waals surface area contributed by atoms with Crippen molar-refractivity contribution in [3.8, 4) is 0 Å². The van der Waals surface area contributed by atoms with E-state index in [4.69, 9.17) is 0 Å². The van der Waals surface area contributed by atoms with Crippen molar-refractivity contribution in [1.29, 1.82) is 0 Å². The average molecular weight is 430 g/mol. The van der Waals surface area contributed by atoms with Gasteiger partial charge >= 0.3 is 0 Å². The van der Waals surface area contributed by atoms with E-state index in [1.807, 2.05) is 74.5 Å². The molecular formula is C26H27N3O3. The third-order valence-electron chi connectivity index (χ3n) is 5.51. The average Bonchev–Trinajstić information content (AvgIpc) is 3.63. The quantitative estimate of drug-likeness (QED) is 0.508. The van der Waals surface area contributed by atoms with Crippen molar-refractivity contribution in [2.45, 2.75) is 33.2 Å². The molecule has 1 aliphatic rings. The number of hydrogen-bond acceptors (Lipinski definition) is 3. The Balaban J connectivity index is 1.52. The standard InChI is InChI=1S/C26H27N3O3/c1-16(2)24(30)28-21-9-5-6-17(12-21)15-27-26(32)22-13-19-7-3-4-8-20(19)14-23(22)29-25(31)18-10-11-18/h3-9,12-14,16,18H,10-11,15H2,1-2H3,(H,27,32)(H,28,30)(H,29,31). The van der Waals surface area contributed by atoms with Crippen LogP contribution in [0.15, 0.2) is 60.7 Å². The molecule has 6 nitrogen and oxygen atoms in total. The van der Waals surface area contributed by atoms with Gasteiger partial charge in [0.25, 0.3) is 5.91 Å². The summed E-state index contributed by atoms with van der Waals surface area (Å²) < 4.78 is 0.